The van der Waals surface area contributed by atoms with Crippen molar-refractivity contribution in [1.29, 1.82) is 0 Å². The SMILES string of the molecule is Brc1cccc(Br)c1Nc1nc2ccccc2[nH]1.O=C(O)C(F)(F)F. The number of carboxylic acids is 1. The molecule has 0 amide bonds. The van der Waals surface area contributed by atoms with Gasteiger partial charge in [0.2, 0.25) is 5.95 Å². The molecule has 0 aliphatic rings. The van der Waals surface area contributed by atoms with Gasteiger partial charge >= 0.3 is 12.1 Å². The summed E-state index contributed by atoms with van der Waals surface area (Å²) in [6.45, 7) is 0. The molecule has 132 valence electrons. The molecule has 0 spiro atoms. The van der Waals surface area contributed by atoms with Crippen LogP contribution in [0.1, 0.15) is 0 Å². The first kappa shape index (κ1) is 19.3. The standard InChI is InChI=1S/C13H9Br2N3.C2HF3O2/c14-8-4-3-5-9(15)12(8)18-13-16-10-6-1-2-7-11(10)17-13;3-2(4,5)1(6)7/h1-7H,(H2,16,17,18);(H,6,7). The van der Waals surface area contributed by atoms with E-state index in [1.54, 1.807) is 0 Å². The van der Waals surface area contributed by atoms with E-state index >= 15 is 0 Å². The second-order valence-corrected chi connectivity index (χ2v) is 6.34. The van der Waals surface area contributed by atoms with E-state index in [2.05, 4.69) is 47.1 Å². The lowest BCUT2D eigenvalue weighted by Crippen LogP contribution is -2.21. The largest absolute Gasteiger partial charge is 0.490 e. The Hall–Kier alpha value is -2.07. The lowest BCUT2D eigenvalue weighted by molar-refractivity contribution is -0.192. The van der Waals surface area contributed by atoms with Crippen LogP contribution in [0.25, 0.3) is 11.0 Å². The number of aromatic nitrogens is 2. The highest BCUT2D eigenvalue weighted by atomic mass is 79.9. The molecule has 25 heavy (non-hydrogen) atoms. The Morgan fingerprint density at radius 1 is 1.08 bits per heavy atom. The smallest absolute Gasteiger partial charge is 0.475 e. The number of hydrogen-bond donors (Lipinski definition) is 3. The minimum Gasteiger partial charge on any atom is -0.475 e. The maximum absolute atomic E-state index is 10.6. The highest BCUT2D eigenvalue weighted by Crippen LogP contribution is 2.32. The number of imidazole rings is 1. The summed E-state index contributed by atoms with van der Waals surface area (Å²) in [7, 11) is 0. The van der Waals surface area contributed by atoms with Gasteiger partial charge in [0.25, 0.3) is 0 Å². The second-order valence-electron chi connectivity index (χ2n) is 4.63. The topological polar surface area (TPSA) is 78.0 Å². The fourth-order valence-corrected chi connectivity index (χ4v) is 2.94. The molecule has 3 N–H and O–H groups in total. The van der Waals surface area contributed by atoms with Gasteiger partial charge in [0.05, 0.1) is 16.7 Å². The average Bonchev–Trinajstić information content (AvgIpc) is 2.93. The molecule has 3 aromatic rings. The van der Waals surface area contributed by atoms with Crippen LogP contribution in [-0.4, -0.2) is 27.2 Å². The number of alkyl halides is 3. The number of carboxylic acid groups (broad SMARTS) is 1. The number of rotatable bonds is 2. The Morgan fingerprint density at radius 3 is 2.16 bits per heavy atom. The van der Waals surface area contributed by atoms with Crippen LogP contribution >= 0.6 is 31.9 Å². The van der Waals surface area contributed by atoms with Gasteiger partial charge in [-0.2, -0.15) is 13.2 Å². The number of H-pyrrole nitrogens is 1. The van der Waals surface area contributed by atoms with Crippen molar-refractivity contribution < 1.29 is 23.1 Å². The van der Waals surface area contributed by atoms with E-state index in [1.807, 2.05) is 42.5 Å². The molecule has 0 radical (unpaired) electrons. The quantitative estimate of drug-likeness (QED) is 0.454. The normalized spacial score (nSPS) is 10.9. The summed E-state index contributed by atoms with van der Waals surface area (Å²) < 4.78 is 33.7. The number of anilines is 2. The zero-order valence-corrected chi connectivity index (χ0v) is 15.4. The molecule has 0 saturated heterocycles. The fourth-order valence-electron chi connectivity index (χ4n) is 1.75. The molecule has 1 heterocycles. The third-order valence-electron chi connectivity index (χ3n) is 2.84. The van der Waals surface area contributed by atoms with Crippen molar-refractivity contribution in [3.05, 3.63) is 51.4 Å². The van der Waals surface area contributed by atoms with Crippen LogP contribution in [0.4, 0.5) is 24.8 Å². The summed E-state index contributed by atoms with van der Waals surface area (Å²) in [5.41, 5.74) is 2.92. The molecule has 0 bridgehead atoms. The van der Waals surface area contributed by atoms with E-state index in [4.69, 9.17) is 9.90 Å². The molecule has 3 rings (SSSR count). The van der Waals surface area contributed by atoms with Crippen molar-refractivity contribution in [1.82, 2.24) is 9.97 Å². The number of hydrogen-bond acceptors (Lipinski definition) is 3. The third-order valence-corrected chi connectivity index (χ3v) is 4.16. The number of para-hydroxylation sites is 3. The summed E-state index contributed by atoms with van der Waals surface area (Å²) in [5.74, 6) is -2.03. The minimum absolute atomic E-state index is 0.726. The summed E-state index contributed by atoms with van der Waals surface area (Å²) in [5, 5.41) is 10.4. The maximum Gasteiger partial charge on any atom is 0.490 e. The second kappa shape index (κ2) is 7.87. The van der Waals surface area contributed by atoms with Gasteiger partial charge in [-0.1, -0.05) is 18.2 Å². The van der Waals surface area contributed by atoms with Crippen molar-refractivity contribution >= 4 is 60.5 Å². The Balaban J connectivity index is 0.000000277. The first-order chi connectivity index (χ1) is 11.7. The molecule has 0 saturated carbocycles. The fraction of sp³-hybridized carbons (Fsp3) is 0.0667. The summed E-state index contributed by atoms with van der Waals surface area (Å²) >= 11 is 7.03. The van der Waals surface area contributed by atoms with Crippen molar-refractivity contribution in [2.24, 2.45) is 0 Å². The van der Waals surface area contributed by atoms with E-state index < -0.39 is 12.1 Å². The van der Waals surface area contributed by atoms with E-state index in [9.17, 15) is 13.2 Å². The zero-order chi connectivity index (χ0) is 18.6. The number of aliphatic carboxylic acids is 1. The van der Waals surface area contributed by atoms with Crippen LogP contribution in [0.2, 0.25) is 0 Å². The number of benzene rings is 2. The molecule has 2 aromatic carbocycles. The molecular formula is C15H10Br2F3N3O2. The molecule has 0 unspecified atom stereocenters. The first-order valence-electron chi connectivity index (χ1n) is 6.64. The Morgan fingerprint density at radius 2 is 1.64 bits per heavy atom. The highest BCUT2D eigenvalue weighted by molar-refractivity contribution is 9.11. The lowest BCUT2D eigenvalue weighted by atomic mass is 10.3. The van der Waals surface area contributed by atoms with Crippen LogP contribution in [0, 0.1) is 0 Å². The number of carbonyl (C=O) groups is 1. The van der Waals surface area contributed by atoms with Crippen molar-refractivity contribution in [2.75, 3.05) is 5.32 Å². The number of nitrogens with one attached hydrogen (secondary N) is 2. The lowest BCUT2D eigenvalue weighted by Gasteiger charge is -2.07. The Kier molecular flexibility index (Phi) is 6.07. The van der Waals surface area contributed by atoms with Crippen LogP contribution in [0.3, 0.4) is 0 Å². The van der Waals surface area contributed by atoms with Crippen molar-refractivity contribution in [3.63, 3.8) is 0 Å². The molecule has 10 heteroatoms. The summed E-state index contributed by atoms with van der Waals surface area (Å²) in [6, 6.07) is 13.9. The van der Waals surface area contributed by atoms with Crippen molar-refractivity contribution in [2.45, 2.75) is 6.18 Å². The van der Waals surface area contributed by atoms with Crippen LogP contribution < -0.4 is 5.32 Å². The predicted octanol–water partition coefficient (Wildman–Crippen LogP) is 5.46. The molecule has 0 fully saturated rings. The van der Waals surface area contributed by atoms with Crippen LogP contribution in [-0.2, 0) is 4.79 Å². The van der Waals surface area contributed by atoms with Crippen molar-refractivity contribution in [3.8, 4) is 0 Å². The van der Waals surface area contributed by atoms with E-state index in [0.717, 1.165) is 31.6 Å². The number of aromatic amines is 1. The molecule has 1 aromatic heterocycles. The van der Waals surface area contributed by atoms with E-state index in [-0.39, 0.29) is 0 Å². The van der Waals surface area contributed by atoms with Gasteiger partial charge in [-0.05, 0) is 56.1 Å². The summed E-state index contributed by atoms with van der Waals surface area (Å²) in [4.78, 5) is 16.6. The van der Waals surface area contributed by atoms with Gasteiger partial charge in [-0.25, -0.2) is 9.78 Å². The Bertz CT molecular complexity index is 844. The molecule has 5 nitrogen and oxygen atoms in total. The predicted molar refractivity (Wildman–Crippen MR) is 94.9 cm³/mol. The number of fused-ring (bicyclic) bond motifs is 1. The number of halogens is 5. The first-order valence-corrected chi connectivity index (χ1v) is 8.23. The molecule has 0 aliphatic carbocycles. The van der Waals surface area contributed by atoms with E-state index in [1.165, 1.54) is 0 Å². The zero-order valence-electron chi connectivity index (χ0n) is 12.2. The molecule has 0 atom stereocenters. The van der Waals surface area contributed by atoms with Gasteiger partial charge in [-0.3, -0.25) is 0 Å². The number of nitrogens with zero attached hydrogens (tertiary/aromatic N) is 1. The van der Waals surface area contributed by atoms with Gasteiger partial charge in [0.1, 0.15) is 0 Å². The van der Waals surface area contributed by atoms with Gasteiger partial charge in [-0.15, -0.1) is 0 Å². The highest BCUT2D eigenvalue weighted by Gasteiger charge is 2.38. The minimum atomic E-state index is -5.08. The third kappa shape index (κ3) is 5.20. The Labute approximate surface area is 156 Å². The van der Waals surface area contributed by atoms with Gasteiger partial charge in [0, 0.05) is 8.95 Å². The summed E-state index contributed by atoms with van der Waals surface area (Å²) in [6.07, 6.45) is -5.08. The van der Waals surface area contributed by atoms with Crippen LogP contribution in [0.5, 0.6) is 0 Å². The van der Waals surface area contributed by atoms with Gasteiger partial charge < -0.3 is 15.4 Å². The molecule has 0 aliphatic heterocycles. The van der Waals surface area contributed by atoms with Crippen LogP contribution in [0.15, 0.2) is 51.4 Å². The van der Waals surface area contributed by atoms with E-state index in [0.29, 0.717) is 0 Å². The molecular weight excluding hydrogens is 471 g/mol. The monoisotopic (exact) mass is 479 g/mol. The average molecular weight is 481 g/mol. The van der Waals surface area contributed by atoms with Gasteiger partial charge in [0.15, 0.2) is 0 Å². The maximum atomic E-state index is 10.6.